The number of benzene rings is 4. The Morgan fingerprint density at radius 2 is 1.33 bits per heavy atom. The van der Waals surface area contributed by atoms with Crippen molar-refractivity contribution >= 4 is 21.6 Å². The molecule has 0 saturated carbocycles. The summed E-state index contributed by atoms with van der Waals surface area (Å²) in [7, 11) is -3.75. The molecular weight excluding hydrogens is 432 g/mol. The number of amides is 1. The van der Waals surface area contributed by atoms with E-state index >= 15 is 0 Å². The van der Waals surface area contributed by atoms with Crippen LogP contribution in [-0.4, -0.2) is 14.3 Å². The van der Waals surface area contributed by atoms with Gasteiger partial charge in [-0.05, 0) is 48.4 Å². The van der Waals surface area contributed by atoms with Gasteiger partial charge in [-0.2, -0.15) is 0 Å². The average molecular weight is 457 g/mol. The maximum absolute atomic E-state index is 13.2. The van der Waals surface area contributed by atoms with Crippen LogP contribution in [0, 0.1) is 6.92 Å². The third-order valence-corrected chi connectivity index (χ3v) is 6.65. The number of rotatable bonds is 7. The second-order valence-electron chi connectivity index (χ2n) is 7.73. The van der Waals surface area contributed by atoms with E-state index in [-0.39, 0.29) is 16.8 Å². The fraction of sp³-hybridized carbons (Fsp3) is 0.0741. The summed E-state index contributed by atoms with van der Waals surface area (Å²) >= 11 is 0. The van der Waals surface area contributed by atoms with Crippen LogP contribution in [0.2, 0.25) is 0 Å². The molecule has 1 unspecified atom stereocenters. The summed E-state index contributed by atoms with van der Waals surface area (Å²) in [6, 6.07) is 32.0. The van der Waals surface area contributed by atoms with Crippen molar-refractivity contribution in [2.24, 2.45) is 0 Å². The first kappa shape index (κ1) is 22.3. The summed E-state index contributed by atoms with van der Waals surface area (Å²) in [5.41, 5.74) is 3.72. The predicted octanol–water partition coefficient (Wildman–Crippen LogP) is 5.32. The minimum absolute atomic E-state index is 0.156. The van der Waals surface area contributed by atoms with E-state index in [1.165, 1.54) is 18.2 Å². The molecule has 0 radical (unpaired) electrons. The van der Waals surface area contributed by atoms with E-state index < -0.39 is 10.0 Å². The van der Waals surface area contributed by atoms with Crippen LogP contribution in [0.4, 0.5) is 5.69 Å². The van der Waals surface area contributed by atoms with E-state index in [9.17, 15) is 13.2 Å². The highest BCUT2D eigenvalue weighted by molar-refractivity contribution is 7.92. The lowest BCUT2D eigenvalue weighted by Crippen LogP contribution is -2.29. The fourth-order valence-corrected chi connectivity index (χ4v) is 4.59. The lowest BCUT2D eigenvalue weighted by molar-refractivity contribution is 0.0943. The number of carbonyl (C=O) groups is 1. The second kappa shape index (κ2) is 9.71. The predicted molar refractivity (Wildman–Crippen MR) is 131 cm³/mol. The molecule has 0 heterocycles. The minimum Gasteiger partial charge on any atom is -0.341 e. The molecule has 1 atom stereocenters. The van der Waals surface area contributed by atoms with Crippen LogP contribution in [0.15, 0.2) is 114 Å². The Hall–Kier alpha value is -3.90. The fourth-order valence-electron chi connectivity index (χ4n) is 3.52. The van der Waals surface area contributed by atoms with Crippen molar-refractivity contribution in [3.05, 3.63) is 131 Å². The van der Waals surface area contributed by atoms with Crippen LogP contribution in [0.5, 0.6) is 0 Å². The van der Waals surface area contributed by atoms with Crippen LogP contribution >= 0.6 is 0 Å². The Morgan fingerprint density at radius 1 is 0.727 bits per heavy atom. The smallest absolute Gasteiger partial charge is 0.261 e. The lowest BCUT2D eigenvalue weighted by Gasteiger charge is -2.20. The number of aryl methyl sites for hydroxylation is 1. The molecule has 0 saturated heterocycles. The molecule has 6 heteroatoms. The maximum Gasteiger partial charge on any atom is 0.261 e. The summed E-state index contributed by atoms with van der Waals surface area (Å²) in [6.45, 7) is 2.02. The van der Waals surface area contributed by atoms with Crippen molar-refractivity contribution in [2.75, 3.05) is 4.72 Å². The van der Waals surface area contributed by atoms with Crippen molar-refractivity contribution in [1.82, 2.24) is 5.32 Å². The molecule has 2 N–H and O–H groups in total. The van der Waals surface area contributed by atoms with Crippen molar-refractivity contribution in [3.63, 3.8) is 0 Å². The van der Waals surface area contributed by atoms with Gasteiger partial charge >= 0.3 is 0 Å². The van der Waals surface area contributed by atoms with Crippen molar-refractivity contribution in [1.29, 1.82) is 0 Å². The Kier molecular flexibility index (Phi) is 6.56. The van der Waals surface area contributed by atoms with Gasteiger partial charge in [-0.15, -0.1) is 0 Å². The van der Waals surface area contributed by atoms with Gasteiger partial charge in [0.25, 0.3) is 15.9 Å². The molecule has 5 nitrogen and oxygen atoms in total. The molecule has 166 valence electrons. The summed E-state index contributed by atoms with van der Waals surface area (Å²) in [6.07, 6.45) is 0. The van der Waals surface area contributed by atoms with E-state index in [4.69, 9.17) is 0 Å². The average Bonchev–Trinajstić information content (AvgIpc) is 2.84. The van der Waals surface area contributed by atoms with E-state index in [1.807, 2.05) is 61.5 Å². The number of hydrogen-bond acceptors (Lipinski definition) is 3. The number of nitrogens with one attached hydrogen (secondary N) is 2. The molecule has 4 rings (SSSR count). The zero-order valence-corrected chi connectivity index (χ0v) is 18.9. The minimum atomic E-state index is -3.75. The van der Waals surface area contributed by atoms with Gasteiger partial charge in [0.1, 0.15) is 0 Å². The van der Waals surface area contributed by atoms with Gasteiger partial charge in [0, 0.05) is 11.3 Å². The Morgan fingerprint density at radius 3 is 2.00 bits per heavy atom. The van der Waals surface area contributed by atoms with Gasteiger partial charge < -0.3 is 5.32 Å². The van der Waals surface area contributed by atoms with Crippen molar-refractivity contribution in [3.8, 4) is 0 Å². The van der Waals surface area contributed by atoms with Crippen LogP contribution < -0.4 is 10.0 Å². The second-order valence-corrected chi connectivity index (χ2v) is 9.41. The van der Waals surface area contributed by atoms with Gasteiger partial charge in [0.2, 0.25) is 0 Å². The molecule has 0 aliphatic heterocycles. The van der Waals surface area contributed by atoms with Gasteiger partial charge in [0.15, 0.2) is 0 Å². The summed E-state index contributed by atoms with van der Waals surface area (Å²) < 4.78 is 27.8. The van der Waals surface area contributed by atoms with Crippen LogP contribution in [0.3, 0.4) is 0 Å². The van der Waals surface area contributed by atoms with Crippen LogP contribution in [0.25, 0.3) is 0 Å². The highest BCUT2D eigenvalue weighted by Gasteiger charge is 2.19. The Labute approximate surface area is 194 Å². The first-order chi connectivity index (χ1) is 15.9. The highest BCUT2D eigenvalue weighted by atomic mass is 32.2. The largest absolute Gasteiger partial charge is 0.341 e. The molecule has 0 bridgehead atoms. The number of anilines is 1. The summed E-state index contributed by atoms with van der Waals surface area (Å²) in [4.78, 5) is 13.3. The van der Waals surface area contributed by atoms with E-state index in [2.05, 4.69) is 10.0 Å². The standard InChI is InChI=1S/C27H24N2O3S/c1-20-15-17-22(18-16-20)26(21-9-4-2-5-10-21)28-27(30)23-11-8-12-24(19-23)29-33(31,32)25-13-6-3-7-14-25/h2-19,26,29H,1H3,(H,28,30). The molecule has 4 aromatic carbocycles. The highest BCUT2D eigenvalue weighted by Crippen LogP contribution is 2.24. The van der Waals surface area contributed by atoms with Crippen LogP contribution in [0.1, 0.15) is 33.1 Å². The molecule has 0 spiro atoms. The summed E-state index contributed by atoms with van der Waals surface area (Å²) in [5.74, 6) is -0.301. The van der Waals surface area contributed by atoms with E-state index in [0.29, 0.717) is 11.3 Å². The van der Waals surface area contributed by atoms with Crippen LogP contribution in [-0.2, 0) is 10.0 Å². The quantitative estimate of drug-likeness (QED) is 0.395. The number of carbonyl (C=O) groups excluding carboxylic acids is 1. The molecule has 1 amide bonds. The molecule has 4 aromatic rings. The van der Waals surface area contributed by atoms with Gasteiger partial charge in [-0.1, -0.05) is 84.4 Å². The molecule has 33 heavy (non-hydrogen) atoms. The SMILES string of the molecule is Cc1ccc(C(NC(=O)c2cccc(NS(=O)(=O)c3ccccc3)c2)c2ccccc2)cc1. The third-order valence-electron chi connectivity index (χ3n) is 5.25. The zero-order valence-electron chi connectivity index (χ0n) is 18.1. The monoisotopic (exact) mass is 456 g/mol. The van der Waals surface area contributed by atoms with Gasteiger partial charge in [-0.3, -0.25) is 9.52 Å². The topological polar surface area (TPSA) is 75.3 Å². The van der Waals surface area contributed by atoms with Crippen molar-refractivity contribution < 1.29 is 13.2 Å². The first-order valence-electron chi connectivity index (χ1n) is 10.5. The van der Waals surface area contributed by atoms with Gasteiger partial charge in [0.05, 0.1) is 10.9 Å². The number of sulfonamides is 1. The van der Waals surface area contributed by atoms with E-state index in [1.54, 1.807) is 36.4 Å². The first-order valence-corrected chi connectivity index (χ1v) is 12.0. The molecule has 0 aliphatic carbocycles. The van der Waals surface area contributed by atoms with Gasteiger partial charge in [-0.25, -0.2) is 8.42 Å². The normalized spacial score (nSPS) is 12.0. The number of hydrogen-bond donors (Lipinski definition) is 2. The zero-order chi connectivity index (χ0) is 23.3. The maximum atomic E-state index is 13.2. The van der Waals surface area contributed by atoms with E-state index in [0.717, 1.165) is 16.7 Å². The Bertz CT molecular complexity index is 1340. The third kappa shape index (κ3) is 5.48. The summed E-state index contributed by atoms with van der Waals surface area (Å²) in [5, 5.41) is 3.09. The van der Waals surface area contributed by atoms with Crippen molar-refractivity contribution in [2.45, 2.75) is 17.9 Å². The molecule has 0 aromatic heterocycles. The molecular formula is C27H24N2O3S. The molecule has 0 fully saturated rings. The molecule has 0 aliphatic rings. The Balaban J connectivity index is 1.58. The lowest BCUT2D eigenvalue weighted by atomic mass is 9.97.